The smallest absolute Gasteiger partial charge is 0.267 e. The van der Waals surface area contributed by atoms with Gasteiger partial charge in [-0.25, -0.2) is 0 Å². The molecule has 0 aliphatic heterocycles. The van der Waals surface area contributed by atoms with Crippen molar-refractivity contribution in [2.24, 2.45) is 0 Å². The van der Waals surface area contributed by atoms with E-state index in [-0.39, 0.29) is 0 Å². The Morgan fingerprint density at radius 3 is 0.884 bits per heavy atom. The maximum atomic E-state index is 13.7. The molecule has 0 radical (unpaired) electrons. The molecular weight excluding hydrogens is 671 g/mol. The molecule has 0 saturated heterocycles. The summed E-state index contributed by atoms with van der Waals surface area (Å²) < 4.78 is 141. The SMILES string of the molecule is CC[Si](CC)(CC)c1ccc([Si](OS(=O)(=O)C(F)(F)F)(OS(=O)(=O)C(F)(F)F)c2ccc([Si](CC)(CC)CC)cc2)cc1. The summed E-state index contributed by atoms with van der Waals surface area (Å²) in [5, 5.41) is 0.564. The minimum absolute atomic E-state index is 0.541. The van der Waals surface area contributed by atoms with Crippen LogP contribution in [0.4, 0.5) is 26.3 Å². The molecule has 0 N–H and O–H groups in total. The Kier molecular flexibility index (Phi) is 11.8. The summed E-state index contributed by atoms with van der Waals surface area (Å²) in [4.78, 5) is 0. The largest absolute Gasteiger partial charge is 0.522 e. The van der Waals surface area contributed by atoms with Gasteiger partial charge in [-0.3, -0.25) is 7.74 Å². The highest BCUT2D eigenvalue weighted by atomic mass is 32.2. The first-order valence-corrected chi connectivity index (χ1v) is 23.8. The average Bonchev–Trinajstić information content (AvgIpc) is 2.94. The van der Waals surface area contributed by atoms with Gasteiger partial charge in [-0.05, 0) is 0 Å². The van der Waals surface area contributed by atoms with E-state index < -0.39 is 66.3 Å². The van der Waals surface area contributed by atoms with Gasteiger partial charge in [-0.1, -0.05) is 137 Å². The van der Waals surface area contributed by atoms with Gasteiger partial charge in [-0.2, -0.15) is 43.2 Å². The molecule has 0 bridgehead atoms. The van der Waals surface area contributed by atoms with Crippen LogP contribution in [0.1, 0.15) is 41.5 Å². The van der Waals surface area contributed by atoms with Crippen molar-refractivity contribution in [3.05, 3.63) is 48.5 Å². The lowest BCUT2D eigenvalue weighted by atomic mass is 10.3. The van der Waals surface area contributed by atoms with Crippen LogP contribution in [0.25, 0.3) is 0 Å². The predicted molar refractivity (Wildman–Crippen MR) is 164 cm³/mol. The number of rotatable bonds is 14. The predicted octanol–water partition coefficient (Wildman–Crippen LogP) is 5.41. The minimum atomic E-state index is -6.65. The van der Waals surface area contributed by atoms with E-state index >= 15 is 0 Å². The zero-order valence-electron chi connectivity index (χ0n) is 24.9. The highest BCUT2D eigenvalue weighted by molar-refractivity contribution is 7.90. The van der Waals surface area contributed by atoms with Gasteiger partial charge in [0.2, 0.25) is 0 Å². The summed E-state index contributed by atoms with van der Waals surface area (Å²) >= 11 is 0. The molecule has 0 fully saturated rings. The maximum absolute atomic E-state index is 13.7. The Morgan fingerprint density at radius 1 is 0.488 bits per heavy atom. The third-order valence-electron chi connectivity index (χ3n) is 8.84. The van der Waals surface area contributed by atoms with E-state index in [4.69, 9.17) is 0 Å². The van der Waals surface area contributed by atoms with Crippen LogP contribution >= 0.6 is 0 Å². The number of benzene rings is 2. The van der Waals surface area contributed by atoms with Crippen LogP contribution in [0.3, 0.4) is 0 Å². The number of hydrogen-bond donors (Lipinski definition) is 0. The number of halogens is 6. The molecule has 2 rings (SSSR count). The van der Waals surface area contributed by atoms with Gasteiger partial charge in [0.25, 0.3) is 0 Å². The molecule has 0 atom stereocenters. The van der Waals surface area contributed by atoms with Crippen LogP contribution in [-0.4, -0.2) is 52.6 Å². The van der Waals surface area contributed by atoms with Crippen molar-refractivity contribution < 1.29 is 50.9 Å². The molecule has 0 aliphatic carbocycles. The summed E-state index contributed by atoms with van der Waals surface area (Å²) in [7, 11) is -23.4. The van der Waals surface area contributed by atoms with Crippen molar-refractivity contribution >= 4 is 65.7 Å². The first kappa shape index (κ1) is 37.7. The molecule has 0 amide bonds. The Labute approximate surface area is 253 Å². The molecule has 43 heavy (non-hydrogen) atoms. The van der Waals surface area contributed by atoms with Gasteiger partial charge in [0.1, 0.15) is 0 Å². The molecule has 17 heteroatoms. The van der Waals surface area contributed by atoms with Crippen molar-refractivity contribution in [1.82, 2.24) is 0 Å². The van der Waals surface area contributed by atoms with E-state index in [9.17, 15) is 43.2 Å². The van der Waals surface area contributed by atoms with E-state index in [0.717, 1.165) is 70.9 Å². The molecule has 244 valence electrons. The lowest BCUT2D eigenvalue weighted by Gasteiger charge is -2.33. The molecule has 0 aromatic heterocycles. The maximum Gasteiger partial charge on any atom is 0.522 e. The Morgan fingerprint density at radius 2 is 0.698 bits per heavy atom. The monoisotopic (exact) mass is 708 g/mol. The van der Waals surface area contributed by atoms with Crippen LogP contribution in [0.15, 0.2) is 48.5 Å². The van der Waals surface area contributed by atoms with Gasteiger partial charge >= 0.3 is 39.8 Å². The fourth-order valence-electron chi connectivity index (χ4n) is 5.59. The van der Waals surface area contributed by atoms with E-state index in [0.29, 0.717) is 0 Å². The molecule has 0 aliphatic rings. The van der Waals surface area contributed by atoms with Crippen LogP contribution in [0.2, 0.25) is 36.3 Å². The minimum Gasteiger partial charge on any atom is -0.267 e. The molecule has 2 aromatic carbocycles. The summed E-state index contributed by atoms with van der Waals surface area (Å²) in [6.45, 7) is 11.9. The summed E-state index contributed by atoms with van der Waals surface area (Å²) in [6, 6.07) is 15.2. The molecule has 0 spiro atoms. The summed E-state index contributed by atoms with van der Waals surface area (Å²) in [5.74, 6) is 0. The molecule has 0 saturated carbocycles. The van der Waals surface area contributed by atoms with Gasteiger partial charge in [0, 0.05) is 10.4 Å². The standard InChI is InChI=1S/C26H38F6O6S2Si3/c1-7-41(8-2,9-3)21-13-17-23(18-14-21)43(37-39(33,34)25(27,28)29,38-40(35,36)26(30,31)32)24-19-15-22(16-20-24)42(10-4,11-5)12-6/h13-20H,7-12H2,1-6H3. The number of hydrogen-bond acceptors (Lipinski definition) is 6. The molecule has 0 heterocycles. The topological polar surface area (TPSA) is 86.7 Å². The van der Waals surface area contributed by atoms with Gasteiger partial charge in [0.15, 0.2) is 0 Å². The molecule has 2 aromatic rings. The summed E-state index contributed by atoms with van der Waals surface area (Å²) in [5.41, 5.74) is -12.2. The lowest BCUT2D eigenvalue weighted by molar-refractivity contribution is -0.0527. The van der Waals surface area contributed by atoms with E-state index in [2.05, 4.69) is 7.74 Å². The Balaban J connectivity index is 3.04. The van der Waals surface area contributed by atoms with Gasteiger partial charge in [-0.15, -0.1) is 0 Å². The van der Waals surface area contributed by atoms with E-state index in [1.807, 2.05) is 41.5 Å². The van der Waals surface area contributed by atoms with Crippen LogP contribution in [0.5, 0.6) is 0 Å². The second kappa shape index (κ2) is 13.5. The summed E-state index contributed by atoms with van der Waals surface area (Å²) in [6.07, 6.45) is 0. The highest BCUT2D eigenvalue weighted by Gasteiger charge is 2.62. The van der Waals surface area contributed by atoms with Crippen molar-refractivity contribution in [3.63, 3.8) is 0 Å². The van der Waals surface area contributed by atoms with Crippen LogP contribution in [-0.2, 0) is 28.0 Å². The van der Waals surface area contributed by atoms with Crippen molar-refractivity contribution in [2.75, 3.05) is 0 Å². The Bertz CT molecular complexity index is 1310. The zero-order chi connectivity index (χ0) is 33.1. The lowest BCUT2D eigenvalue weighted by Crippen LogP contribution is -2.67. The third-order valence-corrected chi connectivity index (χ3v) is 27.0. The van der Waals surface area contributed by atoms with E-state index in [1.165, 1.54) is 24.3 Å². The molecule has 6 nitrogen and oxygen atoms in total. The number of alkyl halides is 6. The zero-order valence-corrected chi connectivity index (χ0v) is 29.5. The normalized spacial score (nSPS) is 14.2. The third kappa shape index (κ3) is 7.33. The average molecular weight is 709 g/mol. The Hall–Kier alpha value is -1.51. The quantitative estimate of drug-likeness (QED) is 0.148. The first-order chi connectivity index (χ1) is 19.7. The van der Waals surface area contributed by atoms with Crippen molar-refractivity contribution in [1.29, 1.82) is 0 Å². The van der Waals surface area contributed by atoms with E-state index in [1.54, 1.807) is 0 Å². The fourth-order valence-corrected chi connectivity index (χ4v) is 19.5. The van der Waals surface area contributed by atoms with Gasteiger partial charge < -0.3 is 0 Å². The van der Waals surface area contributed by atoms with Crippen molar-refractivity contribution in [2.45, 2.75) is 88.8 Å². The first-order valence-electron chi connectivity index (χ1n) is 14.0. The van der Waals surface area contributed by atoms with Crippen LogP contribution < -0.4 is 20.7 Å². The highest BCUT2D eigenvalue weighted by Crippen LogP contribution is 2.33. The second-order valence-electron chi connectivity index (χ2n) is 10.4. The van der Waals surface area contributed by atoms with Crippen molar-refractivity contribution in [3.8, 4) is 0 Å². The van der Waals surface area contributed by atoms with Crippen LogP contribution in [0, 0.1) is 0 Å². The molecule has 0 unspecified atom stereocenters. The molecular formula is C26H38F6O6S2Si3. The fraction of sp³-hybridized carbons (Fsp3) is 0.538. The second-order valence-corrected chi connectivity index (χ2v) is 27.4. The van der Waals surface area contributed by atoms with Gasteiger partial charge in [0.05, 0.1) is 16.1 Å².